The Morgan fingerprint density at radius 3 is 2.40 bits per heavy atom. The van der Waals surface area contributed by atoms with E-state index in [1.807, 2.05) is 30.3 Å². The fourth-order valence-corrected chi connectivity index (χ4v) is 2.31. The molecule has 131 valence electrons. The number of carbonyl (C=O) groups excluding carboxylic acids is 1. The summed E-state index contributed by atoms with van der Waals surface area (Å²) in [5.41, 5.74) is 4.32. The second-order valence-electron chi connectivity index (χ2n) is 5.51. The molecular formula is C21H20IrNO2-. The number of rotatable bonds is 2. The number of nitrogens with zero attached hydrogens (tertiary/aromatic N) is 1. The minimum atomic E-state index is -0.125. The molecule has 4 heteroatoms. The number of aryl methyl sites for hydroxylation is 1. The first-order valence-corrected chi connectivity index (χ1v) is 7.68. The van der Waals surface area contributed by atoms with Gasteiger partial charge in [-0.3, -0.25) is 9.78 Å². The van der Waals surface area contributed by atoms with Crippen LogP contribution >= 0.6 is 0 Å². The van der Waals surface area contributed by atoms with Gasteiger partial charge in [-0.05, 0) is 38.1 Å². The van der Waals surface area contributed by atoms with E-state index in [2.05, 4.69) is 42.2 Å². The van der Waals surface area contributed by atoms with Crippen LogP contribution in [0.5, 0.6) is 0 Å². The molecule has 3 aromatic rings. The zero-order chi connectivity index (χ0) is 17.5. The molecule has 0 aliphatic heterocycles. The molecule has 1 heterocycles. The van der Waals surface area contributed by atoms with Crippen LogP contribution < -0.4 is 0 Å². The minimum Gasteiger partial charge on any atom is -0.512 e. The van der Waals surface area contributed by atoms with Gasteiger partial charge in [-0.15, -0.1) is 35.9 Å². The summed E-state index contributed by atoms with van der Waals surface area (Å²) in [6.07, 6.45) is 1.17. The van der Waals surface area contributed by atoms with Crippen molar-refractivity contribution >= 4 is 16.7 Å². The first-order valence-electron chi connectivity index (χ1n) is 7.68. The molecule has 0 spiro atoms. The fraction of sp³-hybridized carbons (Fsp3) is 0.143. The second-order valence-corrected chi connectivity index (χ2v) is 5.51. The number of aromatic nitrogens is 1. The van der Waals surface area contributed by atoms with E-state index in [9.17, 15) is 4.79 Å². The van der Waals surface area contributed by atoms with Gasteiger partial charge in [-0.2, -0.15) is 0 Å². The molecule has 0 atom stereocenters. The second kappa shape index (κ2) is 9.87. The first kappa shape index (κ1) is 20.8. The number of ketones is 1. The Kier molecular flexibility index (Phi) is 8.20. The third-order valence-corrected chi connectivity index (χ3v) is 3.35. The summed E-state index contributed by atoms with van der Waals surface area (Å²) in [6, 6.07) is 21.5. The van der Waals surface area contributed by atoms with Crippen molar-refractivity contribution in [2.45, 2.75) is 20.8 Å². The van der Waals surface area contributed by atoms with Gasteiger partial charge < -0.3 is 5.11 Å². The average Bonchev–Trinajstić information content (AvgIpc) is 2.55. The Bertz CT molecular complexity index is 869. The molecule has 0 saturated heterocycles. The van der Waals surface area contributed by atoms with Gasteiger partial charge in [0, 0.05) is 31.6 Å². The summed E-state index contributed by atoms with van der Waals surface area (Å²) < 4.78 is 0. The summed E-state index contributed by atoms with van der Waals surface area (Å²) in [6.45, 7) is 4.96. The number of carbonyl (C=O) groups is 1. The molecule has 0 fully saturated rings. The van der Waals surface area contributed by atoms with Crippen LogP contribution in [0, 0.1) is 13.0 Å². The van der Waals surface area contributed by atoms with Gasteiger partial charge in [0.1, 0.15) is 0 Å². The summed E-state index contributed by atoms with van der Waals surface area (Å²) in [5.74, 6) is -0.0625. The van der Waals surface area contributed by atoms with Gasteiger partial charge in [0.25, 0.3) is 0 Å². The van der Waals surface area contributed by atoms with Crippen molar-refractivity contribution in [1.29, 1.82) is 0 Å². The Labute approximate surface area is 161 Å². The number of aliphatic hydroxyl groups is 1. The summed E-state index contributed by atoms with van der Waals surface area (Å²) in [5, 5.41) is 9.58. The van der Waals surface area contributed by atoms with Crippen LogP contribution in [-0.2, 0) is 24.9 Å². The van der Waals surface area contributed by atoms with E-state index >= 15 is 0 Å². The quantitative estimate of drug-likeness (QED) is 0.298. The first-order chi connectivity index (χ1) is 11.5. The van der Waals surface area contributed by atoms with Crippen LogP contribution in [0.1, 0.15) is 19.4 Å². The van der Waals surface area contributed by atoms with Crippen molar-refractivity contribution in [2.24, 2.45) is 0 Å². The third kappa shape index (κ3) is 6.26. The van der Waals surface area contributed by atoms with Crippen molar-refractivity contribution in [3.8, 4) is 11.3 Å². The van der Waals surface area contributed by atoms with Crippen molar-refractivity contribution in [3.05, 3.63) is 78.1 Å². The molecule has 1 aromatic heterocycles. The van der Waals surface area contributed by atoms with Crippen LogP contribution in [0.3, 0.4) is 0 Å². The van der Waals surface area contributed by atoms with Gasteiger partial charge in [-0.25, -0.2) is 0 Å². The summed E-state index contributed by atoms with van der Waals surface area (Å²) in [4.78, 5) is 14.7. The number of benzene rings is 2. The third-order valence-electron chi connectivity index (χ3n) is 3.35. The molecule has 2 aromatic carbocycles. The molecule has 3 rings (SSSR count). The fourth-order valence-electron chi connectivity index (χ4n) is 2.31. The normalized spacial score (nSPS) is 10.4. The van der Waals surface area contributed by atoms with Crippen molar-refractivity contribution in [3.63, 3.8) is 0 Å². The van der Waals surface area contributed by atoms with Crippen LogP contribution in [0.15, 0.2) is 66.4 Å². The van der Waals surface area contributed by atoms with E-state index in [0.717, 1.165) is 16.8 Å². The van der Waals surface area contributed by atoms with Gasteiger partial charge in [0.2, 0.25) is 0 Å². The number of hydrogen-bond acceptors (Lipinski definition) is 3. The van der Waals surface area contributed by atoms with E-state index in [0.29, 0.717) is 0 Å². The van der Waals surface area contributed by atoms with E-state index < -0.39 is 0 Å². The van der Waals surface area contributed by atoms with E-state index in [4.69, 9.17) is 5.11 Å². The Hall–Kier alpha value is -2.29. The molecule has 0 aliphatic carbocycles. The Morgan fingerprint density at radius 1 is 1.08 bits per heavy atom. The standard InChI is InChI=1S/C16H12N.C5H8O2.Ir/c1-12-6-5-9-16-14(12)10-11-15(17-16)13-7-3-2-4-8-13;1-4(6)3-5(2)7;/h2-7,9-11H,1H3;3,6H,1-2H3;/q-1;;/b;4-3-;. The van der Waals surface area contributed by atoms with Gasteiger partial charge >= 0.3 is 0 Å². The number of allylic oxidation sites excluding steroid dienone is 2. The molecule has 0 bridgehead atoms. The molecule has 0 saturated carbocycles. The Balaban J connectivity index is 0.000000339. The molecule has 25 heavy (non-hydrogen) atoms. The maximum atomic E-state index is 10.0. The Morgan fingerprint density at radius 2 is 1.84 bits per heavy atom. The van der Waals surface area contributed by atoms with Crippen molar-refractivity contribution in [2.75, 3.05) is 0 Å². The van der Waals surface area contributed by atoms with E-state index in [1.165, 1.54) is 30.9 Å². The smallest absolute Gasteiger partial charge is 0.155 e. The number of pyridine rings is 1. The minimum absolute atomic E-state index is 0. The zero-order valence-electron chi connectivity index (χ0n) is 14.4. The average molecular weight is 511 g/mol. The van der Waals surface area contributed by atoms with Gasteiger partial charge in [0.15, 0.2) is 5.78 Å². The van der Waals surface area contributed by atoms with E-state index in [-0.39, 0.29) is 31.6 Å². The molecule has 1 radical (unpaired) electrons. The predicted octanol–water partition coefficient (Wildman–Crippen LogP) is 5.05. The molecule has 0 amide bonds. The largest absolute Gasteiger partial charge is 0.512 e. The molecular weight excluding hydrogens is 490 g/mol. The van der Waals surface area contributed by atoms with E-state index in [1.54, 1.807) is 0 Å². The van der Waals surface area contributed by atoms with Crippen molar-refractivity contribution in [1.82, 2.24) is 4.98 Å². The zero-order valence-corrected chi connectivity index (χ0v) is 16.8. The molecule has 3 nitrogen and oxygen atoms in total. The SMILES string of the molecule is CC(=O)/C=C(/C)O.Cc1cccc2nc(-c3[c-]cccc3)ccc12.[Ir]. The maximum absolute atomic E-state index is 10.0. The predicted molar refractivity (Wildman–Crippen MR) is 97.8 cm³/mol. The van der Waals surface area contributed by atoms with Crippen LogP contribution in [0.4, 0.5) is 0 Å². The maximum Gasteiger partial charge on any atom is 0.155 e. The summed E-state index contributed by atoms with van der Waals surface area (Å²) >= 11 is 0. The number of hydrogen-bond donors (Lipinski definition) is 1. The number of fused-ring (bicyclic) bond motifs is 1. The van der Waals surface area contributed by atoms with Crippen LogP contribution in [0.2, 0.25) is 0 Å². The molecule has 0 aliphatic rings. The van der Waals surface area contributed by atoms with Gasteiger partial charge in [0.05, 0.1) is 11.3 Å². The topological polar surface area (TPSA) is 50.2 Å². The number of aliphatic hydroxyl groups excluding tert-OH is 1. The van der Waals surface area contributed by atoms with Crippen LogP contribution in [0.25, 0.3) is 22.2 Å². The monoisotopic (exact) mass is 511 g/mol. The molecule has 0 unspecified atom stereocenters. The summed E-state index contributed by atoms with van der Waals surface area (Å²) in [7, 11) is 0. The van der Waals surface area contributed by atoms with Crippen molar-refractivity contribution < 1.29 is 30.0 Å². The van der Waals surface area contributed by atoms with Crippen LogP contribution in [-0.4, -0.2) is 15.9 Å². The molecule has 1 N–H and O–H groups in total. The van der Waals surface area contributed by atoms with Gasteiger partial charge in [-0.1, -0.05) is 24.3 Å².